The Balaban J connectivity index is 2.19. The van der Waals surface area contributed by atoms with Crippen molar-refractivity contribution in [3.05, 3.63) is 0 Å². The van der Waals surface area contributed by atoms with Crippen LogP contribution in [0.15, 0.2) is 0 Å². The molecule has 1 aliphatic rings. The van der Waals surface area contributed by atoms with E-state index in [2.05, 4.69) is 0 Å². The van der Waals surface area contributed by atoms with Crippen molar-refractivity contribution in [2.24, 2.45) is 0 Å². The molecule has 0 unspecified atom stereocenters. The van der Waals surface area contributed by atoms with Gasteiger partial charge in [-0.2, -0.15) is 0 Å². The number of carbonyl (C=O) groups excluding carboxylic acids is 1. The lowest BCUT2D eigenvalue weighted by Gasteiger charge is -2.19. The molecule has 58 valence electrons. The van der Waals surface area contributed by atoms with Crippen molar-refractivity contribution >= 4 is 29.3 Å². The lowest BCUT2D eigenvalue weighted by Crippen LogP contribution is -2.10. The monoisotopic (exact) mass is 176 g/mol. The quantitative estimate of drug-likeness (QED) is 0.642. The molecule has 0 atom stereocenters. The summed E-state index contributed by atoms with van der Waals surface area (Å²) in [6.07, 6.45) is 2.07. The van der Waals surface area contributed by atoms with Crippen molar-refractivity contribution < 1.29 is 4.79 Å². The molecule has 10 heavy (non-hydrogen) atoms. The van der Waals surface area contributed by atoms with Crippen LogP contribution in [0, 0.1) is 0 Å². The Morgan fingerprint density at radius 2 is 2.10 bits per heavy atom. The highest BCUT2D eigenvalue weighted by Gasteiger charge is 2.15. The Morgan fingerprint density at radius 3 is 2.60 bits per heavy atom. The molecular formula is C7H12OS2. The zero-order chi connectivity index (χ0) is 7.40. The van der Waals surface area contributed by atoms with E-state index >= 15 is 0 Å². The van der Waals surface area contributed by atoms with Crippen LogP contribution in [0.4, 0.5) is 0 Å². The summed E-state index contributed by atoms with van der Waals surface area (Å²) < 4.78 is 0.561. The number of carbonyl (C=O) groups is 1. The van der Waals surface area contributed by atoms with Crippen molar-refractivity contribution in [1.82, 2.24) is 0 Å². The molecule has 0 aromatic rings. The van der Waals surface area contributed by atoms with Crippen LogP contribution in [-0.4, -0.2) is 21.9 Å². The summed E-state index contributed by atoms with van der Waals surface area (Å²) in [5, 5.41) is 0. The van der Waals surface area contributed by atoms with Crippen LogP contribution in [-0.2, 0) is 4.79 Å². The predicted molar refractivity (Wildman–Crippen MR) is 48.6 cm³/mol. The van der Waals surface area contributed by atoms with E-state index in [0.29, 0.717) is 10.4 Å². The van der Waals surface area contributed by atoms with E-state index in [1.54, 1.807) is 6.92 Å². The fraction of sp³-hybridized carbons (Fsp3) is 0.857. The van der Waals surface area contributed by atoms with Crippen LogP contribution in [0.1, 0.15) is 19.8 Å². The van der Waals surface area contributed by atoms with Gasteiger partial charge in [0.15, 0.2) is 0 Å². The maximum absolute atomic E-state index is 10.7. The van der Waals surface area contributed by atoms with Crippen molar-refractivity contribution in [3.8, 4) is 0 Å². The van der Waals surface area contributed by atoms with E-state index in [0.717, 1.165) is 6.42 Å². The lowest BCUT2D eigenvalue weighted by molar-refractivity contribution is -0.116. The van der Waals surface area contributed by atoms with Gasteiger partial charge in [-0.05, 0) is 24.9 Å². The molecule has 0 N–H and O–H groups in total. The topological polar surface area (TPSA) is 17.1 Å². The van der Waals surface area contributed by atoms with Gasteiger partial charge in [0.2, 0.25) is 0 Å². The van der Waals surface area contributed by atoms with Crippen molar-refractivity contribution in [3.63, 3.8) is 0 Å². The largest absolute Gasteiger partial charge is 0.300 e. The minimum absolute atomic E-state index is 0.326. The number of thioether (sulfide) groups is 2. The van der Waals surface area contributed by atoms with Crippen LogP contribution in [0.2, 0.25) is 0 Å². The van der Waals surface area contributed by atoms with Gasteiger partial charge in [-0.1, -0.05) is 0 Å². The molecule has 1 aliphatic heterocycles. The van der Waals surface area contributed by atoms with Gasteiger partial charge in [-0.3, -0.25) is 4.79 Å². The van der Waals surface area contributed by atoms with Crippen molar-refractivity contribution in [2.75, 3.05) is 11.5 Å². The van der Waals surface area contributed by atoms with Gasteiger partial charge >= 0.3 is 0 Å². The number of hydrogen-bond donors (Lipinski definition) is 0. The third-order valence-electron chi connectivity index (χ3n) is 1.35. The minimum Gasteiger partial charge on any atom is -0.300 e. The van der Waals surface area contributed by atoms with Gasteiger partial charge in [-0.25, -0.2) is 0 Å². The van der Waals surface area contributed by atoms with Gasteiger partial charge in [0.05, 0.1) is 4.58 Å². The molecule has 0 aromatic heterocycles. The standard InChI is InChI=1S/C7H12OS2/c1-6(8)5-7-9-3-2-4-10-7/h7H,2-5H2,1H3. The van der Waals surface area contributed by atoms with Crippen LogP contribution >= 0.6 is 23.5 Å². The average molecular weight is 176 g/mol. The SMILES string of the molecule is CC(=O)CC1SCCCS1. The summed E-state index contributed by atoms with van der Waals surface area (Å²) >= 11 is 3.87. The number of Topliss-reactive ketones (excluding diaryl/α,β-unsaturated/α-hetero) is 1. The average Bonchev–Trinajstić information content (AvgIpc) is 1.88. The molecule has 1 rings (SSSR count). The molecule has 1 heterocycles. The maximum Gasteiger partial charge on any atom is 0.131 e. The molecular weight excluding hydrogens is 164 g/mol. The van der Waals surface area contributed by atoms with Gasteiger partial charge in [0.1, 0.15) is 5.78 Å². The number of hydrogen-bond acceptors (Lipinski definition) is 3. The minimum atomic E-state index is 0.326. The van der Waals surface area contributed by atoms with Gasteiger partial charge < -0.3 is 0 Å². The fourth-order valence-corrected chi connectivity index (χ4v) is 3.89. The van der Waals surface area contributed by atoms with E-state index in [1.807, 2.05) is 23.5 Å². The second-order valence-corrected chi connectivity index (χ2v) is 5.35. The molecule has 0 aliphatic carbocycles. The smallest absolute Gasteiger partial charge is 0.131 e. The van der Waals surface area contributed by atoms with Gasteiger partial charge in [0, 0.05) is 6.42 Å². The summed E-state index contributed by atoms with van der Waals surface area (Å²) in [5.41, 5.74) is 0. The molecule has 0 saturated carbocycles. The molecule has 3 heteroatoms. The molecule has 0 aromatic carbocycles. The van der Waals surface area contributed by atoms with Gasteiger partial charge in [0.25, 0.3) is 0 Å². The summed E-state index contributed by atoms with van der Waals surface area (Å²) in [5.74, 6) is 2.81. The lowest BCUT2D eigenvalue weighted by atomic mass is 10.3. The fourth-order valence-electron chi connectivity index (χ4n) is 0.889. The van der Waals surface area contributed by atoms with E-state index in [-0.39, 0.29) is 0 Å². The zero-order valence-electron chi connectivity index (χ0n) is 6.13. The summed E-state index contributed by atoms with van der Waals surface area (Å²) in [6.45, 7) is 1.68. The zero-order valence-corrected chi connectivity index (χ0v) is 7.76. The normalized spacial score (nSPS) is 20.9. The van der Waals surface area contributed by atoms with Crippen molar-refractivity contribution in [1.29, 1.82) is 0 Å². The highest BCUT2D eigenvalue weighted by molar-refractivity contribution is 8.17. The van der Waals surface area contributed by atoms with E-state index in [1.165, 1.54) is 17.9 Å². The van der Waals surface area contributed by atoms with E-state index in [4.69, 9.17) is 0 Å². The molecule has 1 saturated heterocycles. The Kier molecular flexibility index (Phi) is 3.63. The summed E-state index contributed by atoms with van der Waals surface area (Å²) in [7, 11) is 0. The number of rotatable bonds is 2. The van der Waals surface area contributed by atoms with Crippen molar-refractivity contribution in [2.45, 2.75) is 24.3 Å². The Hall–Kier alpha value is 0.370. The summed E-state index contributed by atoms with van der Waals surface area (Å²) in [4.78, 5) is 10.7. The van der Waals surface area contributed by atoms with Crippen LogP contribution in [0.25, 0.3) is 0 Å². The molecule has 0 bridgehead atoms. The highest BCUT2D eigenvalue weighted by Crippen LogP contribution is 2.32. The van der Waals surface area contributed by atoms with Crippen LogP contribution in [0.5, 0.6) is 0 Å². The second kappa shape index (κ2) is 4.29. The molecule has 0 amide bonds. The first-order chi connectivity index (χ1) is 4.79. The Labute approximate surface area is 70.3 Å². The van der Waals surface area contributed by atoms with Crippen LogP contribution in [0.3, 0.4) is 0 Å². The van der Waals surface area contributed by atoms with Crippen LogP contribution < -0.4 is 0 Å². The first-order valence-electron chi connectivity index (χ1n) is 3.51. The second-order valence-electron chi connectivity index (χ2n) is 2.43. The third-order valence-corrected chi connectivity index (χ3v) is 4.29. The third kappa shape index (κ3) is 2.97. The van der Waals surface area contributed by atoms with E-state index in [9.17, 15) is 4.79 Å². The molecule has 0 radical (unpaired) electrons. The predicted octanol–water partition coefficient (Wildman–Crippen LogP) is 2.16. The highest BCUT2D eigenvalue weighted by atomic mass is 32.2. The molecule has 1 fully saturated rings. The Bertz CT molecular complexity index is 119. The van der Waals surface area contributed by atoms with Gasteiger partial charge in [-0.15, -0.1) is 23.5 Å². The first-order valence-corrected chi connectivity index (χ1v) is 5.61. The Morgan fingerprint density at radius 1 is 1.50 bits per heavy atom. The molecule has 0 spiro atoms. The number of ketones is 1. The maximum atomic E-state index is 10.7. The summed E-state index contributed by atoms with van der Waals surface area (Å²) in [6, 6.07) is 0. The first kappa shape index (κ1) is 8.47. The van der Waals surface area contributed by atoms with E-state index < -0.39 is 0 Å². The molecule has 1 nitrogen and oxygen atoms in total.